The molecule has 3 rings (SSSR count). The molecule has 26 heavy (non-hydrogen) atoms. The molecular weight excluding hydrogens is 347 g/mol. The molecule has 3 aromatic rings. The van der Waals surface area contributed by atoms with Crippen LogP contribution in [-0.4, -0.2) is 15.9 Å². The largest absolute Gasteiger partial charge is 0.451 e. The number of rotatable bonds is 4. The molecule has 0 fully saturated rings. The molecule has 1 aromatic heterocycles. The SMILES string of the molecule is Cc1cccc(C(=O)Nc2cc(F)c(F)c(Oc3cncnc3)c2)c1F. The Labute approximate surface area is 146 Å². The van der Waals surface area contributed by atoms with Gasteiger partial charge in [-0.3, -0.25) is 4.79 Å². The van der Waals surface area contributed by atoms with Gasteiger partial charge in [0.1, 0.15) is 12.1 Å². The highest BCUT2D eigenvalue weighted by Gasteiger charge is 2.17. The van der Waals surface area contributed by atoms with E-state index in [1.54, 1.807) is 0 Å². The zero-order chi connectivity index (χ0) is 18.7. The monoisotopic (exact) mass is 359 g/mol. The van der Waals surface area contributed by atoms with Gasteiger partial charge in [0.25, 0.3) is 5.91 Å². The number of benzene rings is 2. The average Bonchev–Trinajstić information content (AvgIpc) is 2.62. The highest BCUT2D eigenvalue weighted by molar-refractivity contribution is 6.04. The van der Waals surface area contributed by atoms with Gasteiger partial charge in [0.05, 0.1) is 18.0 Å². The van der Waals surface area contributed by atoms with E-state index >= 15 is 0 Å². The summed E-state index contributed by atoms with van der Waals surface area (Å²) in [6.45, 7) is 1.51. The maximum Gasteiger partial charge on any atom is 0.258 e. The second-order valence-electron chi connectivity index (χ2n) is 5.34. The van der Waals surface area contributed by atoms with E-state index < -0.39 is 29.1 Å². The van der Waals surface area contributed by atoms with Crippen LogP contribution in [0.15, 0.2) is 49.1 Å². The maximum absolute atomic E-state index is 14.0. The molecule has 0 saturated carbocycles. The topological polar surface area (TPSA) is 64.1 Å². The molecule has 1 heterocycles. The third-order valence-electron chi connectivity index (χ3n) is 3.45. The second kappa shape index (κ2) is 7.22. The minimum atomic E-state index is -1.24. The number of aryl methyl sites for hydroxylation is 1. The van der Waals surface area contributed by atoms with Crippen LogP contribution in [0.2, 0.25) is 0 Å². The first-order valence-corrected chi connectivity index (χ1v) is 7.44. The van der Waals surface area contributed by atoms with Crippen molar-refractivity contribution in [2.45, 2.75) is 6.92 Å². The quantitative estimate of drug-likeness (QED) is 0.757. The second-order valence-corrected chi connectivity index (χ2v) is 5.34. The van der Waals surface area contributed by atoms with E-state index in [9.17, 15) is 18.0 Å². The molecule has 0 bridgehead atoms. The third-order valence-corrected chi connectivity index (χ3v) is 3.45. The normalized spacial score (nSPS) is 10.5. The van der Waals surface area contributed by atoms with E-state index in [1.165, 1.54) is 43.8 Å². The summed E-state index contributed by atoms with van der Waals surface area (Å²) in [6.07, 6.45) is 3.77. The van der Waals surface area contributed by atoms with E-state index in [0.29, 0.717) is 0 Å². The number of amides is 1. The molecule has 0 unspecified atom stereocenters. The summed E-state index contributed by atoms with van der Waals surface area (Å²) in [5, 5.41) is 2.32. The Morgan fingerprint density at radius 1 is 1.08 bits per heavy atom. The van der Waals surface area contributed by atoms with Crippen LogP contribution >= 0.6 is 0 Å². The Bertz CT molecular complexity index is 965. The van der Waals surface area contributed by atoms with Crippen molar-refractivity contribution in [3.63, 3.8) is 0 Å². The van der Waals surface area contributed by atoms with Gasteiger partial charge in [-0.15, -0.1) is 0 Å². The number of aromatic nitrogens is 2. The molecule has 0 spiro atoms. The van der Waals surface area contributed by atoms with E-state index in [1.807, 2.05) is 0 Å². The van der Waals surface area contributed by atoms with Gasteiger partial charge in [0.2, 0.25) is 5.82 Å². The Morgan fingerprint density at radius 2 is 1.81 bits per heavy atom. The van der Waals surface area contributed by atoms with Crippen molar-refractivity contribution >= 4 is 11.6 Å². The highest BCUT2D eigenvalue weighted by Crippen LogP contribution is 2.29. The van der Waals surface area contributed by atoms with Gasteiger partial charge in [0.15, 0.2) is 17.3 Å². The van der Waals surface area contributed by atoms with Gasteiger partial charge < -0.3 is 10.1 Å². The van der Waals surface area contributed by atoms with E-state index in [4.69, 9.17) is 4.74 Å². The van der Waals surface area contributed by atoms with Crippen LogP contribution in [0.4, 0.5) is 18.9 Å². The fourth-order valence-corrected chi connectivity index (χ4v) is 2.20. The Balaban J connectivity index is 1.88. The predicted molar refractivity (Wildman–Crippen MR) is 87.6 cm³/mol. The fraction of sp³-hybridized carbons (Fsp3) is 0.0556. The lowest BCUT2D eigenvalue weighted by molar-refractivity contribution is 0.102. The zero-order valence-electron chi connectivity index (χ0n) is 13.5. The molecule has 2 aromatic carbocycles. The number of nitrogens with one attached hydrogen (secondary N) is 1. The Morgan fingerprint density at radius 3 is 2.54 bits per heavy atom. The summed E-state index contributed by atoms with van der Waals surface area (Å²) in [5.41, 5.74) is -0.0219. The van der Waals surface area contributed by atoms with Crippen molar-refractivity contribution in [3.8, 4) is 11.5 Å². The minimum absolute atomic E-state index is 0.0824. The van der Waals surface area contributed by atoms with Crippen LogP contribution in [0.25, 0.3) is 0 Å². The molecule has 1 N–H and O–H groups in total. The zero-order valence-corrected chi connectivity index (χ0v) is 13.5. The lowest BCUT2D eigenvalue weighted by Crippen LogP contribution is -2.14. The summed E-state index contributed by atoms with van der Waals surface area (Å²) < 4.78 is 47.0. The summed E-state index contributed by atoms with van der Waals surface area (Å²) >= 11 is 0. The molecule has 0 aliphatic rings. The third kappa shape index (κ3) is 3.64. The van der Waals surface area contributed by atoms with E-state index in [-0.39, 0.29) is 22.6 Å². The number of anilines is 1. The van der Waals surface area contributed by atoms with Gasteiger partial charge in [-0.05, 0) is 18.6 Å². The molecule has 0 radical (unpaired) electrons. The molecule has 0 atom stereocenters. The number of halogens is 3. The van der Waals surface area contributed by atoms with Crippen molar-refractivity contribution in [2.24, 2.45) is 0 Å². The molecule has 1 amide bonds. The van der Waals surface area contributed by atoms with Gasteiger partial charge in [-0.25, -0.2) is 18.7 Å². The first-order chi connectivity index (χ1) is 12.5. The molecule has 0 aliphatic heterocycles. The fourth-order valence-electron chi connectivity index (χ4n) is 2.20. The smallest absolute Gasteiger partial charge is 0.258 e. The van der Waals surface area contributed by atoms with Crippen LogP contribution < -0.4 is 10.1 Å². The standard InChI is InChI=1S/C18H12F3N3O2/c1-10-3-2-4-13(16(10)20)18(25)24-11-5-14(19)17(21)15(6-11)26-12-7-22-9-23-8-12/h2-9H,1H3,(H,24,25). The number of carbonyl (C=O) groups excluding carboxylic acids is 1. The van der Waals surface area contributed by atoms with Crippen LogP contribution in [0, 0.1) is 24.4 Å². The van der Waals surface area contributed by atoms with E-state index in [0.717, 1.165) is 12.1 Å². The lowest BCUT2D eigenvalue weighted by atomic mass is 10.1. The Hall–Kier alpha value is -3.42. The number of carbonyl (C=O) groups is 1. The molecule has 8 heteroatoms. The van der Waals surface area contributed by atoms with Crippen LogP contribution in [0.1, 0.15) is 15.9 Å². The Kier molecular flexibility index (Phi) is 4.83. The number of hydrogen-bond acceptors (Lipinski definition) is 4. The first-order valence-electron chi connectivity index (χ1n) is 7.44. The molecule has 0 aliphatic carbocycles. The number of nitrogens with zero attached hydrogens (tertiary/aromatic N) is 2. The number of hydrogen-bond donors (Lipinski definition) is 1. The average molecular weight is 359 g/mol. The van der Waals surface area contributed by atoms with Gasteiger partial charge in [-0.2, -0.15) is 4.39 Å². The predicted octanol–water partition coefficient (Wildman–Crippen LogP) is 4.25. The summed E-state index contributed by atoms with van der Waals surface area (Å²) in [6, 6.07) is 6.17. The van der Waals surface area contributed by atoms with Crippen molar-refractivity contribution in [1.82, 2.24) is 9.97 Å². The van der Waals surface area contributed by atoms with Crippen molar-refractivity contribution in [2.75, 3.05) is 5.32 Å². The molecular formula is C18H12F3N3O2. The summed E-state index contributed by atoms with van der Waals surface area (Å²) in [5.74, 6) is -4.36. The summed E-state index contributed by atoms with van der Waals surface area (Å²) in [7, 11) is 0. The summed E-state index contributed by atoms with van der Waals surface area (Å²) in [4.78, 5) is 19.6. The maximum atomic E-state index is 14.0. The number of ether oxygens (including phenoxy) is 1. The molecule has 132 valence electrons. The van der Waals surface area contributed by atoms with Crippen molar-refractivity contribution in [1.29, 1.82) is 0 Å². The van der Waals surface area contributed by atoms with Crippen molar-refractivity contribution < 1.29 is 22.7 Å². The van der Waals surface area contributed by atoms with Gasteiger partial charge in [0, 0.05) is 17.8 Å². The molecule has 0 saturated heterocycles. The highest BCUT2D eigenvalue weighted by atomic mass is 19.2. The lowest BCUT2D eigenvalue weighted by Gasteiger charge is -2.11. The van der Waals surface area contributed by atoms with Crippen molar-refractivity contribution in [3.05, 3.63) is 77.6 Å². The molecule has 5 nitrogen and oxygen atoms in total. The minimum Gasteiger partial charge on any atom is -0.451 e. The first kappa shape index (κ1) is 17.4. The van der Waals surface area contributed by atoms with E-state index in [2.05, 4.69) is 15.3 Å². The van der Waals surface area contributed by atoms with Crippen LogP contribution in [0.3, 0.4) is 0 Å². The van der Waals surface area contributed by atoms with Gasteiger partial charge >= 0.3 is 0 Å². The van der Waals surface area contributed by atoms with Crippen LogP contribution in [0.5, 0.6) is 11.5 Å². The van der Waals surface area contributed by atoms with Crippen LogP contribution in [-0.2, 0) is 0 Å². The van der Waals surface area contributed by atoms with Gasteiger partial charge in [-0.1, -0.05) is 12.1 Å².